The van der Waals surface area contributed by atoms with Crippen LogP contribution in [0.1, 0.15) is 62.6 Å². The van der Waals surface area contributed by atoms with Gasteiger partial charge in [0.1, 0.15) is 5.60 Å². The number of aliphatic hydroxyl groups excluding tert-OH is 1. The summed E-state index contributed by atoms with van der Waals surface area (Å²) in [5, 5.41) is 11.8. The summed E-state index contributed by atoms with van der Waals surface area (Å²) >= 11 is 0. The van der Waals surface area contributed by atoms with Crippen LogP contribution in [0.2, 0.25) is 0 Å². The molecular weight excluding hydrogens is 528 g/mol. The zero-order valence-corrected chi connectivity index (χ0v) is 25.3. The van der Waals surface area contributed by atoms with Gasteiger partial charge >= 0.3 is 0 Å². The van der Waals surface area contributed by atoms with Crippen molar-refractivity contribution in [3.63, 3.8) is 0 Å². The number of hydrogen-bond acceptors (Lipinski definition) is 3. The Labute approximate surface area is 256 Å². The molecule has 3 nitrogen and oxygen atoms in total. The summed E-state index contributed by atoms with van der Waals surface area (Å²) in [5.74, 6) is 1.22. The minimum atomic E-state index is -0.748. The van der Waals surface area contributed by atoms with Crippen molar-refractivity contribution in [3.05, 3.63) is 143 Å². The third-order valence-electron chi connectivity index (χ3n) is 11.5. The van der Waals surface area contributed by atoms with Crippen LogP contribution in [0.3, 0.4) is 0 Å². The number of aliphatic hydroxyl groups is 1. The van der Waals surface area contributed by atoms with E-state index in [1.54, 1.807) is 6.08 Å². The summed E-state index contributed by atoms with van der Waals surface area (Å²) in [6.07, 6.45) is 12.5. The van der Waals surface area contributed by atoms with E-state index in [4.69, 9.17) is 4.74 Å². The molecule has 0 aliphatic heterocycles. The van der Waals surface area contributed by atoms with Crippen LogP contribution in [0.25, 0.3) is 0 Å². The zero-order chi connectivity index (χ0) is 29.7. The Morgan fingerprint density at radius 3 is 2.02 bits per heavy atom. The predicted molar refractivity (Wildman–Crippen MR) is 171 cm³/mol. The van der Waals surface area contributed by atoms with Crippen LogP contribution in [-0.2, 0) is 15.1 Å². The molecule has 3 heteroatoms. The first-order valence-electron chi connectivity index (χ1n) is 16.0. The first-order chi connectivity index (χ1) is 20.9. The summed E-state index contributed by atoms with van der Waals surface area (Å²) in [4.78, 5) is 12.2. The Hall–Kier alpha value is -3.53. The molecular formula is C40H42O3. The van der Waals surface area contributed by atoms with Crippen molar-refractivity contribution in [2.75, 3.05) is 6.61 Å². The van der Waals surface area contributed by atoms with Crippen molar-refractivity contribution in [1.82, 2.24) is 0 Å². The molecule has 3 aromatic carbocycles. The number of rotatable bonds is 6. The number of carbonyl (C=O) groups is 1. The van der Waals surface area contributed by atoms with E-state index in [0.29, 0.717) is 18.4 Å². The lowest BCUT2D eigenvalue weighted by Crippen LogP contribution is -2.55. The predicted octanol–water partition coefficient (Wildman–Crippen LogP) is 8.20. The monoisotopic (exact) mass is 570 g/mol. The second-order valence-electron chi connectivity index (χ2n) is 13.6. The fourth-order valence-corrected chi connectivity index (χ4v) is 9.54. The van der Waals surface area contributed by atoms with E-state index in [9.17, 15) is 9.90 Å². The third kappa shape index (κ3) is 4.51. The van der Waals surface area contributed by atoms with Gasteiger partial charge in [-0.25, -0.2) is 0 Å². The normalized spacial score (nSPS) is 32.6. The summed E-state index contributed by atoms with van der Waals surface area (Å²) < 4.78 is 7.12. The molecule has 43 heavy (non-hydrogen) atoms. The van der Waals surface area contributed by atoms with Crippen molar-refractivity contribution >= 4 is 5.78 Å². The largest absolute Gasteiger partial charge is 0.393 e. The molecule has 7 rings (SSSR count). The molecule has 1 N–H and O–H groups in total. The highest BCUT2D eigenvalue weighted by Gasteiger charge is 2.60. The molecule has 0 spiro atoms. The van der Waals surface area contributed by atoms with Gasteiger partial charge in [0.15, 0.2) is 5.78 Å². The van der Waals surface area contributed by atoms with Crippen molar-refractivity contribution in [1.29, 1.82) is 0 Å². The molecule has 0 heterocycles. The average Bonchev–Trinajstić information content (AvgIpc) is 3.36. The molecule has 0 amide bonds. The van der Waals surface area contributed by atoms with Gasteiger partial charge in [-0.1, -0.05) is 128 Å². The van der Waals surface area contributed by atoms with Gasteiger partial charge in [-0.05, 0) is 78.2 Å². The van der Waals surface area contributed by atoms with E-state index >= 15 is 0 Å². The fraction of sp³-hybridized carbons (Fsp3) is 0.375. The van der Waals surface area contributed by atoms with E-state index in [0.717, 1.165) is 48.8 Å². The average molecular weight is 571 g/mol. The number of ketones is 1. The highest BCUT2D eigenvalue weighted by molar-refractivity contribution is 6.01. The highest BCUT2D eigenvalue weighted by atomic mass is 16.5. The minimum Gasteiger partial charge on any atom is -0.393 e. The smallest absolute Gasteiger partial charge is 0.178 e. The highest BCUT2D eigenvalue weighted by Crippen LogP contribution is 2.65. The lowest BCUT2D eigenvalue weighted by atomic mass is 9.47. The van der Waals surface area contributed by atoms with Crippen LogP contribution in [0, 0.1) is 28.6 Å². The lowest BCUT2D eigenvalue weighted by molar-refractivity contribution is -0.112. The van der Waals surface area contributed by atoms with E-state index in [2.05, 4.69) is 117 Å². The van der Waals surface area contributed by atoms with Crippen molar-refractivity contribution in [2.45, 2.75) is 57.7 Å². The molecule has 0 bridgehead atoms. The van der Waals surface area contributed by atoms with Crippen LogP contribution in [0.4, 0.5) is 0 Å². The van der Waals surface area contributed by atoms with Crippen LogP contribution in [0.15, 0.2) is 126 Å². The first kappa shape index (κ1) is 28.3. The molecule has 3 fully saturated rings. The Bertz CT molecular complexity index is 1470. The number of allylic oxidation sites excluding steroid dienone is 5. The van der Waals surface area contributed by atoms with Crippen LogP contribution in [0.5, 0.6) is 0 Å². The summed E-state index contributed by atoms with van der Waals surface area (Å²) in [6, 6.07) is 31.7. The topological polar surface area (TPSA) is 46.5 Å². The van der Waals surface area contributed by atoms with Gasteiger partial charge in [0.05, 0.1) is 12.7 Å². The van der Waals surface area contributed by atoms with Crippen molar-refractivity contribution in [2.24, 2.45) is 28.6 Å². The van der Waals surface area contributed by atoms with Gasteiger partial charge in [0.25, 0.3) is 0 Å². The zero-order valence-electron chi connectivity index (χ0n) is 25.3. The Balaban J connectivity index is 1.21. The minimum absolute atomic E-state index is 0.0510. The number of hydrogen-bond donors (Lipinski definition) is 1. The Morgan fingerprint density at radius 2 is 1.44 bits per heavy atom. The number of ether oxygens (including phenoxy) is 1. The molecule has 4 aliphatic rings. The first-order valence-corrected chi connectivity index (χ1v) is 16.0. The van der Waals surface area contributed by atoms with Gasteiger partial charge in [-0.15, -0.1) is 0 Å². The molecule has 0 radical (unpaired) electrons. The molecule has 3 saturated carbocycles. The molecule has 3 aromatic rings. The van der Waals surface area contributed by atoms with Crippen LogP contribution in [-0.4, -0.2) is 23.6 Å². The SMILES string of the molecule is C[C@]12C=CC(=O)C=C1CC[C@H]1[C@H]2[C@@H](O)C[C@@]2(C)/C(=C\COC(c3ccccc3)(c3ccccc3)c3ccccc3)CC[C@H]12. The van der Waals surface area contributed by atoms with Gasteiger partial charge < -0.3 is 9.84 Å². The standard InChI is InChI=1S/C40H42O3/c1-38-24-22-33(41)26-32(38)18-20-34-35-21-19-28(39(35,2)27-36(42)37(34)38)23-25-43-40(29-12-6-3-7-13-29,30-14-8-4-9-15-30)31-16-10-5-11-17-31/h3-17,22-24,26,34-37,42H,18-21,25,27H2,1-2H3/b28-23-/t34-,35-,36+,37+,38+,39+/m1/s1. The molecule has 4 aliphatic carbocycles. The number of benzene rings is 3. The van der Waals surface area contributed by atoms with Gasteiger partial charge in [0.2, 0.25) is 0 Å². The molecule has 220 valence electrons. The maximum atomic E-state index is 12.2. The van der Waals surface area contributed by atoms with Gasteiger partial charge in [-0.2, -0.15) is 0 Å². The maximum Gasteiger partial charge on any atom is 0.178 e. The molecule has 6 atom stereocenters. The summed E-state index contributed by atoms with van der Waals surface area (Å²) in [7, 11) is 0. The third-order valence-corrected chi connectivity index (χ3v) is 11.5. The number of fused-ring (bicyclic) bond motifs is 5. The van der Waals surface area contributed by atoms with Gasteiger partial charge in [0, 0.05) is 11.3 Å². The Morgan fingerprint density at radius 1 is 0.860 bits per heavy atom. The van der Waals surface area contributed by atoms with E-state index < -0.39 is 11.7 Å². The maximum absolute atomic E-state index is 12.2. The fourth-order valence-electron chi connectivity index (χ4n) is 9.54. The second kappa shape index (κ2) is 10.9. The van der Waals surface area contributed by atoms with Crippen molar-refractivity contribution < 1.29 is 14.6 Å². The lowest BCUT2D eigenvalue weighted by Gasteiger charge is -2.58. The second-order valence-corrected chi connectivity index (χ2v) is 13.6. The van der Waals surface area contributed by atoms with Gasteiger partial charge in [-0.3, -0.25) is 4.79 Å². The van der Waals surface area contributed by atoms with E-state index in [1.807, 2.05) is 6.08 Å². The Kier molecular flexibility index (Phi) is 7.15. The van der Waals surface area contributed by atoms with Crippen LogP contribution < -0.4 is 0 Å². The quantitative estimate of drug-likeness (QED) is 0.240. The van der Waals surface area contributed by atoms with Crippen LogP contribution >= 0.6 is 0 Å². The van der Waals surface area contributed by atoms with E-state index in [1.165, 1.54) is 11.1 Å². The molecule has 0 aromatic heterocycles. The molecule has 0 saturated heterocycles. The van der Waals surface area contributed by atoms with E-state index in [-0.39, 0.29) is 22.5 Å². The van der Waals surface area contributed by atoms with Crippen molar-refractivity contribution in [3.8, 4) is 0 Å². The number of carbonyl (C=O) groups excluding carboxylic acids is 1. The molecule has 0 unspecified atom stereocenters. The summed E-state index contributed by atoms with van der Waals surface area (Å²) in [6.45, 7) is 5.12. The summed E-state index contributed by atoms with van der Waals surface area (Å²) in [5.41, 5.74) is 4.94.